The van der Waals surface area contributed by atoms with E-state index in [9.17, 15) is 0 Å². The van der Waals surface area contributed by atoms with Crippen LogP contribution in [0.1, 0.15) is 57.8 Å². The maximum Gasteiger partial charge on any atom is 0.0224 e. The van der Waals surface area contributed by atoms with Gasteiger partial charge < -0.3 is 10.6 Å². The zero-order valence-electron chi connectivity index (χ0n) is 10.4. The summed E-state index contributed by atoms with van der Waals surface area (Å²) in [6.07, 6.45) is 13.0. The Labute approximate surface area is 99.6 Å². The van der Waals surface area contributed by atoms with Crippen molar-refractivity contribution in [2.24, 2.45) is 5.92 Å². The molecule has 3 atom stereocenters. The van der Waals surface area contributed by atoms with Crippen LogP contribution in [0.4, 0.5) is 0 Å². The molecule has 2 heteroatoms. The lowest BCUT2D eigenvalue weighted by Gasteiger charge is -2.44. The Morgan fingerprint density at radius 3 is 2.12 bits per heavy atom. The van der Waals surface area contributed by atoms with E-state index in [-0.39, 0.29) is 0 Å². The molecule has 0 spiro atoms. The molecule has 2 aliphatic carbocycles. The number of hydrogen-bond acceptors (Lipinski definition) is 2. The summed E-state index contributed by atoms with van der Waals surface area (Å²) in [6.45, 7) is 1.23. The quantitative estimate of drug-likeness (QED) is 0.712. The second-order valence-corrected chi connectivity index (χ2v) is 6.08. The van der Waals surface area contributed by atoms with Gasteiger partial charge in [0, 0.05) is 24.7 Å². The molecular weight excluding hydrogens is 196 g/mol. The standard InChI is InChI=1S/C14H26N2/c1-2-6-11(7-3-1)14-10-15-12-8-4-5-9-13(12)16-14/h11-16H,1-10H2. The van der Waals surface area contributed by atoms with Crippen LogP contribution in [0.5, 0.6) is 0 Å². The molecule has 0 aromatic heterocycles. The van der Waals surface area contributed by atoms with Crippen LogP contribution in [0.15, 0.2) is 0 Å². The molecule has 0 amide bonds. The van der Waals surface area contributed by atoms with Crippen molar-refractivity contribution in [3.63, 3.8) is 0 Å². The van der Waals surface area contributed by atoms with E-state index >= 15 is 0 Å². The topological polar surface area (TPSA) is 24.1 Å². The van der Waals surface area contributed by atoms with Gasteiger partial charge in [0.2, 0.25) is 0 Å². The third-order valence-electron chi connectivity index (χ3n) is 5.01. The maximum absolute atomic E-state index is 3.96. The predicted octanol–water partition coefficient (Wildman–Crippen LogP) is 2.44. The Bertz CT molecular complexity index is 220. The molecule has 3 aliphatic rings. The molecule has 2 N–H and O–H groups in total. The van der Waals surface area contributed by atoms with Gasteiger partial charge in [-0.15, -0.1) is 0 Å². The molecule has 0 aromatic carbocycles. The molecule has 0 bridgehead atoms. The lowest BCUT2D eigenvalue weighted by Crippen LogP contribution is -2.63. The van der Waals surface area contributed by atoms with Gasteiger partial charge >= 0.3 is 0 Å². The summed E-state index contributed by atoms with van der Waals surface area (Å²) in [7, 11) is 0. The molecule has 92 valence electrons. The highest BCUT2D eigenvalue weighted by Crippen LogP contribution is 2.29. The Kier molecular flexibility index (Phi) is 3.49. The first-order valence-corrected chi connectivity index (χ1v) is 7.43. The molecular formula is C14H26N2. The van der Waals surface area contributed by atoms with Gasteiger partial charge in [0.1, 0.15) is 0 Å². The van der Waals surface area contributed by atoms with Crippen LogP contribution in [0.3, 0.4) is 0 Å². The smallest absolute Gasteiger partial charge is 0.0224 e. The van der Waals surface area contributed by atoms with E-state index in [0.29, 0.717) is 0 Å². The van der Waals surface area contributed by atoms with Crippen molar-refractivity contribution in [2.75, 3.05) is 6.54 Å². The van der Waals surface area contributed by atoms with Crippen molar-refractivity contribution < 1.29 is 0 Å². The normalized spacial score (nSPS) is 41.6. The van der Waals surface area contributed by atoms with Crippen LogP contribution in [0.2, 0.25) is 0 Å². The molecule has 3 fully saturated rings. The minimum absolute atomic E-state index is 0.777. The number of rotatable bonds is 1. The van der Waals surface area contributed by atoms with Crippen LogP contribution in [-0.4, -0.2) is 24.7 Å². The molecule has 0 aromatic rings. The predicted molar refractivity (Wildman–Crippen MR) is 67.5 cm³/mol. The number of fused-ring (bicyclic) bond motifs is 1. The van der Waals surface area contributed by atoms with Gasteiger partial charge in [0.15, 0.2) is 0 Å². The zero-order valence-corrected chi connectivity index (χ0v) is 10.4. The van der Waals surface area contributed by atoms with Crippen molar-refractivity contribution in [2.45, 2.75) is 75.9 Å². The SMILES string of the molecule is C1CCC(C2CNC3CCCCC3N2)CC1. The van der Waals surface area contributed by atoms with E-state index in [1.807, 2.05) is 0 Å². The average molecular weight is 222 g/mol. The maximum atomic E-state index is 3.96. The fourth-order valence-corrected chi connectivity index (χ4v) is 4.03. The second kappa shape index (κ2) is 5.05. The van der Waals surface area contributed by atoms with E-state index in [4.69, 9.17) is 0 Å². The highest BCUT2D eigenvalue weighted by atomic mass is 15.1. The molecule has 3 unspecified atom stereocenters. The third kappa shape index (κ3) is 2.28. The highest BCUT2D eigenvalue weighted by Gasteiger charge is 2.34. The summed E-state index contributed by atoms with van der Waals surface area (Å²) in [4.78, 5) is 0. The third-order valence-corrected chi connectivity index (χ3v) is 5.01. The second-order valence-electron chi connectivity index (χ2n) is 6.08. The zero-order chi connectivity index (χ0) is 10.8. The highest BCUT2D eigenvalue weighted by molar-refractivity contribution is 4.96. The summed E-state index contributed by atoms with van der Waals surface area (Å²) >= 11 is 0. The molecule has 3 rings (SSSR count). The van der Waals surface area contributed by atoms with Crippen molar-refractivity contribution >= 4 is 0 Å². The van der Waals surface area contributed by atoms with E-state index in [1.54, 1.807) is 0 Å². The summed E-state index contributed by atoms with van der Waals surface area (Å²) in [5, 5.41) is 7.77. The summed E-state index contributed by atoms with van der Waals surface area (Å²) in [5.41, 5.74) is 0. The first-order valence-electron chi connectivity index (χ1n) is 7.43. The van der Waals surface area contributed by atoms with Gasteiger partial charge in [0.05, 0.1) is 0 Å². The van der Waals surface area contributed by atoms with E-state index in [2.05, 4.69) is 10.6 Å². The fraction of sp³-hybridized carbons (Fsp3) is 1.00. The fourth-order valence-electron chi connectivity index (χ4n) is 4.03. The Balaban J connectivity index is 1.57. The first-order chi connectivity index (χ1) is 7.93. The first kappa shape index (κ1) is 11.0. The van der Waals surface area contributed by atoms with Crippen molar-refractivity contribution in [1.82, 2.24) is 10.6 Å². The van der Waals surface area contributed by atoms with Crippen molar-refractivity contribution in [1.29, 1.82) is 0 Å². The number of piperazine rings is 1. The lowest BCUT2D eigenvalue weighted by atomic mass is 9.80. The molecule has 1 saturated heterocycles. The summed E-state index contributed by atoms with van der Waals surface area (Å²) in [5.74, 6) is 0.962. The lowest BCUT2D eigenvalue weighted by molar-refractivity contribution is 0.158. The Morgan fingerprint density at radius 1 is 0.625 bits per heavy atom. The average Bonchev–Trinajstić information content (AvgIpc) is 2.39. The van der Waals surface area contributed by atoms with Gasteiger partial charge in [-0.2, -0.15) is 0 Å². The van der Waals surface area contributed by atoms with Gasteiger partial charge in [-0.05, 0) is 31.6 Å². The Morgan fingerprint density at radius 2 is 1.31 bits per heavy atom. The Hall–Kier alpha value is -0.0800. The van der Waals surface area contributed by atoms with Gasteiger partial charge in [-0.3, -0.25) is 0 Å². The molecule has 0 radical (unpaired) electrons. The molecule has 1 heterocycles. The van der Waals surface area contributed by atoms with Crippen LogP contribution < -0.4 is 10.6 Å². The van der Waals surface area contributed by atoms with Crippen molar-refractivity contribution in [3.8, 4) is 0 Å². The van der Waals surface area contributed by atoms with Crippen molar-refractivity contribution in [3.05, 3.63) is 0 Å². The van der Waals surface area contributed by atoms with Crippen LogP contribution >= 0.6 is 0 Å². The van der Waals surface area contributed by atoms with Gasteiger partial charge in [-0.25, -0.2) is 0 Å². The molecule has 2 saturated carbocycles. The summed E-state index contributed by atoms with van der Waals surface area (Å²) < 4.78 is 0. The number of nitrogens with one attached hydrogen (secondary N) is 2. The minimum Gasteiger partial charge on any atom is -0.311 e. The largest absolute Gasteiger partial charge is 0.311 e. The minimum atomic E-state index is 0.777. The molecule has 16 heavy (non-hydrogen) atoms. The van der Waals surface area contributed by atoms with Crippen LogP contribution in [0, 0.1) is 5.92 Å². The summed E-state index contributed by atoms with van der Waals surface area (Å²) in [6, 6.07) is 2.35. The van der Waals surface area contributed by atoms with Crippen LogP contribution in [0.25, 0.3) is 0 Å². The van der Waals surface area contributed by atoms with E-state index < -0.39 is 0 Å². The number of hydrogen-bond donors (Lipinski definition) is 2. The monoisotopic (exact) mass is 222 g/mol. The molecule has 2 nitrogen and oxygen atoms in total. The van der Waals surface area contributed by atoms with Gasteiger partial charge in [-0.1, -0.05) is 32.1 Å². The van der Waals surface area contributed by atoms with Crippen LogP contribution in [-0.2, 0) is 0 Å². The van der Waals surface area contributed by atoms with Gasteiger partial charge in [0.25, 0.3) is 0 Å². The molecule has 1 aliphatic heterocycles. The van der Waals surface area contributed by atoms with E-state index in [0.717, 1.165) is 24.0 Å². The van der Waals surface area contributed by atoms with E-state index in [1.165, 1.54) is 64.3 Å².